The fourth-order valence-electron chi connectivity index (χ4n) is 4.71. The molecule has 0 atom stereocenters. The highest BCUT2D eigenvalue weighted by Gasteiger charge is 2.49. The van der Waals surface area contributed by atoms with Crippen molar-refractivity contribution in [2.24, 2.45) is 5.41 Å². The van der Waals surface area contributed by atoms with Gasteiger partial charge < -0.3 is 9.80 Å². The van der Waals surface area contributed by atoms with Crippen LogP contribution in [0.25, 0.3) is 11.2 Å². The first-order valence-corrected chi connectivity index (χ1v) is 10.8. The lowest BCUT2D eigenvalue weighted by Crippen LogP contribution is -2.45. The summed E-state index contributed by atoms with van der Waals surface area (Å²) in [6.45, 7) is 0.377. The molecule has 0 radical (unpaired) electrons. The molecule has 2 aliphatic rings. The Morgan fingerprint density at radius 2 is 1.74 bits per heavy atom. The zero-order valence-corrected chi connectivity index (χ0v) is 18.1. The number of carbonyl (C=O) groups excluding carboxylic acids is 1. The summed E-state index contributed by atoms with van der Waals surface area (Å²) in [4.78, 5) is 28.3. The average Bonchev–Trinajstić information content (AvgIpc) is 3.30. The number of hydrogen-bond acceptors (Lipinski definition) is 6. The molecular formula is C21H19F6N7O. The van der Waals surface area contributed by atoms with Gasteiger partial charge >= 0.3 is 6.18 Å². The highest BCUT2D eigenvalue weighted by Crippen LogP contribution is 2.44. The predicted molar refractivity (Wildman–Crippen MR) is 111 cm³/mol. The van der Waals surface area contributed by atoms with E-state index in [9.17, 15) is 31.1 Å². The minimum absolute atomic E-state index is 0.0847. The van der Waals surface area contributed by atoms with Crippen molar-refractivity contribution in [3.8, 4) is 0 Å². The Labute approximate surface area is 194 Å². The number of nitrogens with zero attached hydrogens (tertiary/aromatic N) is 7. The Morgan fingerprint density at radius 3 is 2.37 bits per heavy atom. The molecule has 2 saturated heterocycles. The fraction of sp³-hybridized carbons (Fsp3) is 0.476. The average molecular weight is 499 g/mol. The van der Waals surface area contributed by atoms with E-state index in [0.29, 0.717) is 50.4 Å². The Morgan fingerprint density at radius 1 is 1.03 bits per heavy atom. The van der Waals surface area contributed by atoms with Crippen LogP contribution in [-0.4, -0.2) is 56.7 Å². The van der Waals surface area contributed by atoms with Gasteiger partial charge in [-0.2, -0.15) is 17.6 Å². The second kappa shape index (κ2) is 8.34. The molecule has 3 aromatic rings. The van der Waals surface area contributed by atoms with Crippen LogP contribution in [0.4, 0.5) is 37.8 Å². The zero-order chi connectivity index (χ0) is 25.0. The molecular weight excluding hydrogens is 480 g/mol. The zero-order valence-electron chi connectivity index (χ0n) is 18.1. The highest BCUT2D eigenvalue weighted by molar-refractivity contribution is 6.00. The topological polar surface area (TPSA) is 80.0 Å². The van der Waals surface area contributed by atoms with E-state index >= 15 is 0 Å². The quantitative estimate of drug-likeness (QED) is 0.510. The molecule has 1 spiro atoms. The number of carbonyl (C=O) groups is 1. The summed E-state index contributed by atoms with van der Waals surface area (Å²) in [5, 5.41) is 3.45. The van der Waals surface area contributed by atoms with Crippen LogP contribution in [0.3, 0.4) is 0 Å². The SMILES string of the molecule is O=C1N(c2ccc(C(F)(F)F)nc2)CCC12CCN(c1cnc3c(F)nn(CC(F)F)c3n1)CC2. The summed E-state index contributed by atoms with van der Waals surface area (Å²) in [7, 11) is 0. The number of amides is 1. The van der Waals surface area contributed by atoms with Crippen molar-refractivity contribution >= 4 is 28.6 Å². The molecule has 35 heavy (non-hydrogen) atoms. The standard InChI is InChI=1S/C21H19F6N7O/c22-14(23)11-34-18-16(17(24)31-34)29-10-15(30-18)32-6-3-20(4-7-32)5-8-33(19(20)35)12-1-2-13(28-9-12)21(25,26)27/h1-2,9-10,14H,3-8,11H2. The monoisotopic (exact) mass is 499 g/mol. The molecule has 186 valence electrons. The smallest absolute Gasteiger partial charge is 0.355 e. The van der Waals surface area contributed by atoms with Crippen molar-refractivity contribution in [3.05, 3.63) is 36.2 Å². The number of pyridine rings is 1. The van der Waals surface area contributed by atoms with Crippen molar-refractivity contribution in [1.82, 2.24) is 24.7 Å². The summed E-state index contributed by atoms with van der Waals surface area (Å²) >= 11 is 0. The van der Waals surface area contributed by atoms with Crippen LogP contribution in [0.2, 0.25) is 0 Å². The van der Waals surface area contributed by atoms with E-state index in [4.69, 9.17) is 0 Å². The summed E-state index contributed by atoms with van der Waals surface area (Å²) in [6.07, 6.45) is -3.44. The molecule has 2 fully saturated rings. The largest absolute Gasteiger partial charge is 0.433 e. The molecule has 0 bridgehead atoms. The van der Waals surface area contributed by atoms with Crippen LogP contribution in [-0.2, 0) is 17.5 Å². The van der Waals surface area contributed by atoms with Crippen LogP contribution in [0.1, 0.15) is 25.0 Å². The van der Waals surface area contributed by atoms with E-state index in [-0.39, 0.29) is 17.1 Å². The maximum atomic E-state index is 13.9. The molecule has 3 aromatic heterocycles. The first-order valence-electron chi connectivity index (χ1n) is 10.8. The molecule has 5 heterocycles. The number of fused-ring (bicyclic) bond motifs is 1. The van der Waals surface area contributed by atoms with Crippen molar-refractivity contribution < 1.29 is 31.1 Å². The minimum Gasteiger partial charge on any atom is -0.355 e. The molecule has 14 heteroatoms. The third kappa shape index (κ3) is 4.14. The third-order valence-corrected chi connectivity index (χ3v) is 6.61. The third-order valence-electron chi connectivity index (χ3n) is 6.61. The summed E-state index contributed by atoms with van der Waals surface area (Å²) in [5.74, 6) is -0.791. The van der Waals surface area contributed by atoms with Gasteiger partial charge in [-0.25, -0.2) is 28.4 Å². The Kier molecular flexibility index (Phi) is 5.55. The first-order chi connectivity index (χ1) is 16.6. The van der Waals surface area contributed by atoms with E-state index in [1.165, 1.54) is 17.2 Å². The number of halogens is 6. The van der Waals surface area contributed by atoms with Crippen LogP contribution < -0.4 is 9.80 Å². The maximum Gasteiger partial charge on any atom is 0.433 e. The van der Waals surface area contributed by atoms with Crippen molar-refractivity contribution in [3.63, 3.8) is 0 Å². The molecule has 0 unspecified atom stereocenters. The lowest BCUT2D eigenvalue weighted by molar-refractivity contribution is -0.141. The van der Waals surface area contributed by atoms with E-state index in [1.807, 2.05) is 4.90 Å². The summed E-state index contributed by atoms with van der Waals surface area (Å²) < 4.78 is 78.7. The second-order valence-corrected chi connectivity index (χ2v) is 8.64. The summed E-state index contributed by atoms with van der Waals surface area (Å²) in [5.41, 5.74) is -1.66. The van der Waals surface area contributed by atoms with Gasteiger partial charge in [0, 0.05) is 19.6 Å². The number of rotatable bonds is 4. The van der Waals surface area contributed by atoms with Gasteiger partial charge in [0.1, 0.15) is 18.1 Å². The maximum absolute atomic E-state index is 13.9. The molecule has 0 saturated carbocycles. The van der Waals surface area contributed by atoms with Crippen LogP contribution >= 0.6 is 0 Å². The highest BCUT2D eigenvalue weighted by atomic mass is 19.4. The van der Waals surface area contributed by atoms with Crippen LogP contribution in [0.5, 0.6) is 0 Å². The molecule has 8 nitrogen and oxygen atoms in total. The Bertz CT molecular complexity index is 1250. The van der Waals surface area contributed by atoms with Crippen molar-refractivity contribution in [2.45, 2.75) is 38.4 Å². The molecule has 0 aromatic carbocycles. The number of aromatic nitrogens is 5. The first kappa shape index (κ1) is 23.3. The van der Waals surface area contributed by atoms with Crippen molar-refractivity contribution in [2.75, 3.05) is 29.4 Å². The number of alkyl halides is 5. The number of anilines is 2. The van der Waals surface area contributed by atoms with E-state index in [0.717, 1.165) is 16.9 Å². The molecule has 0 N–H and O–H groups in total. The van der Waals surface area contributed by atoms with Crippen LogP contribution in [0, 0.1) is 11.4 Å². The van der Waals surface area contributed by atoms with Gasteiger partial charge in [-0.1, -0.05) is 0 Å². The lowest BCUT2D eigenvalue weighted by Gasteiger charge is -2.38. The van der Waals surface area contributed by atoms with E-state index < -0.39 is 36.2 Å². The van der Waals surface area contributed by atoms with Crippen molar-refractivity contribution in [1.29, 1.82) is 0 Å². The van der Waals surface area contributed by atoms with Gasteiger partial charge in [-0.3, -0.25) is 4.79 Å². The molecule has 2 aliphatic heterocycles. The molecule has 1 amide bonds. The Balaban J connectivity index is 1.30. The van der Waals surface area contributed by atoms with Gasteiger partial charge in [-0.05, 0) is 31.4 Å². The number of piperidine rings is 1. The minimum atomic E-state index is -4.56. The predicted octanol–water partition coefficient (Wildman–Crippen LogP) is 3.67. The van der Waals surface area contributed by atoms with Gasteiger partial charge in [0.05, 0.1) is 23.5 Å². The lowest BCUT2D eigenvalue weighted by atomic mass is 9.77. The summed E-state index contributed by atoms with van der Waals surface area (Å²) in [6, 6.07) is 2.10. The number of hydrogen-bond donors (Lipinski definition) is 0. The fourth-order valence-corrected chi connectivity index (χ4v) is 4.71. The normalized spacial score (nSPS) is 18.4. The Hall–Kier alpha value is -3.45. The van der Waals surface area contributed by atoms with E-state index in [2.05, 4.69) is 20.1 Å². The van der Waals surface area contributed by atoms with Gasteiger partial charge in [-0.15, -0.1) is 5.10 Å². The van der Waals surface area contributed by atoms with Gasteiger partial charge in [0.25, 0.3) is 12.4 Å². The van der Waals surface area contributed by atoms with E-state index in [1.54, 1.807) is 0 Å². The molecule has 0 aliphatic carbocycles. The van der Waals surface area contributed by atoms with Gasteiger partial charge in [0.2, 0.25) is 5.91 Å². The van der Waals surface area contributed by atoms with Crippen LogP contribution in [0.15, 0.2) is 24.5 Å². The molecule has 5 rings (SSSR count). The second-order valence-electron chi connectivity index (χ2n) is 8.64. The van der Waals surface area contributed by atoms with Gasteiger partial charge in [0.15, 0.2) is 11.2 Å².